The van der Waals surface area contributed by atoms with Crippen molar-refractivity contribution in [3.63, 3.8) is 0 Å². The van der Waals surface area contributed by atoms with E-state index in [-0.39, 0.29) is 114 Å². The molecule has 8 heterocycles. The van der Waals surface area contributed by atoms with Gasteiger partial charge in [0.25, 0.3) is 41.4 Å². The number of aromatic nitrogens is 12. The fourth-order valence-electron chi connectivity index (χ4n) is 8.67. The molecule has 0 atom stereocenters. The number of carbonyl (C=O) groups excluding carboxylic acids is 10. The van der Waals surface area contributed by atoms with Crippen molar-refractivity contribution in [1.82, 2.24) is 67.1 Å². The minimum absolute atomic E-state index is 0.0146. The van der Waals surface area contributed by atoms with Gasteiger partial charge < -0.3 is 89.1 Å². The van der Waals surface area contributed by atoms with Gasteiger partial charge in [-0.2, -0.15) is 0 Å². The van der Waals surface area contributed by atoms with Crippen LogP contribution < -0.4 is 47.9 Å². The Labute approximate surface area is 483 Å². The van der Waals surface area contributed by atoms with E-state index in [1.165, 1.54) is 88.8 Å². The van der Waals surface area contributed by atoms with E-state index in [9.17, 15) is 47.9 Å². The van der Waals surface area contributed by atoms with Gasteiger partial charge in [-0.3, -0.25) is 43.2 Å². The van der Waals surface area contributed by atoms with E-state index in [1.807, 2.05) is 0 Å². The summed E-state index contributed by atoms with van der Waals surface area (Å²) in [5.41, 5.74) is 2.02. The van der Waals surface area contributed by atoms with Crippen LogP contribution in [0, 0.1) is 0 Å². The summed E-state index contributed by atoms with van der Waals surface area (Å²) in [5.74, 6) is -4.90. The number of amides is 9. The van der Waals surface area contributed by atoms with E-state index in [0.717, 1.165) is 0 Å². The second-order valence-corrected chi connectivity index (χ2v) is 19.4. The van der Waals surface area contributed by atoms with Gasteiger partial charge in [-0.1, -0.05) is 0 Å². The number of nitrogens with zero attached hydrogens (tertiary/aromatic N) is 12. The zero-order chi connectivity index (χ0) is 61.4. The van der Waals surface area contributed by atoms with Crippen LogP contribution in [0.15, 0.2) is 80.0 Å². The molecule has 8 aromatic rings. The molecule has 0 fully saturated rings. The van der Waals surface area contributed by atoms with Gasteiger partial charge in [-0.15, -0.1) is 0 Å². The molecule has 0 saturated heterocycles. The minimum Gasteiger partial charge on any atom is -0.460 e. The number of rotatable bonds is 23. The first-order valence-corrected chi connectivity index (χ1v) is 26.1. The summed E-state index contributed by atoms with van der Waals surface area (Å²) < 4.78 is 16.8. The number of hydrogen-bond donors (Lipinski definition) is 9. The van der Waals surface area contributed by atoms with E-state index >= 15 is 0 Å². The molecule has 8 aromatic heterocycles. The molecule has 0 bridgehead atoms. The molecule has 0 radical (unpaired) electrons. The number of esters is 1. The Kier molecular flexibility index (Phi) is 18.0. The zero-order valence-corrected chi connectivity index (χ0v) is 47.6. The van der Waals surface area contributed by atoms with Crippen LogP contribution in [0.5, 0.6) is 0 Å². The number of nitrogens with one attached hydrogen (secondary N) is 9. The molecule has 9 amide bonds. The van der Waals surface area contributed by atoms with E-state index in [2.05, 4.69) is 67.8 Å². The van der Waals surface area contributed by atoms with Crippen LogP contribution in [0.2, 0.25) is 0 Å². The normalized spacial score (nSPS) is 10.9. The maximum Gasteiger partial charge on any atom is 0.374 e. The van der Waals surface area contributed by atoms with Crippen LogP contribution >= 0.6 is 0 Å². The van der Waals surface area contributed by atoms with Crippen LogP contribution in [0.4, 0.5) is 40.2 Å². The predicted molar refractivity (Wildman–Crippen MR) is 306 cm³/mol. The lowest BCUT2D eigenvalue weighted by atomic mass is 10.3. The fraction of sp³-hybridized carbons (Fsp3) is 0.283. The van der Waals surface area contributed by atoms with Crippen LogP contribution in [-0.4, -0.2) is 135 Å². The molecule has 0 aliphatic carbocycles. The number of aryl methyl sites for hydroxylation is 8. The molecule has 0 aromatic carbocycles. The van der Waals surface area contributed by atoms with Crippen LogP contribution in [-0.2, 0) is 70.7 Å². The molecule has 0 saturated carbocycles. The predicted octanol–water partition coefficient (Wildman–Crippen LogP) is 2.32. The summed E-state index contributed by atoms with van der Waals surface area (Å²) in [4.78, 5) is 146. The average molecular weight is 1170 g/mol. The highest BCUT2D eigenvalue weighted by molar-refractivity contribution is 6.09. The van der Waals surface area contributed by atoms with Crippen molar-refractivity contribution in [2.45, 2.75) is 26.2 Å². The van der Waals surface area contributed by atoms with Crippen LogP contribution in [0.3, 0.4) is 0 Å². The molecule has 32 heteroatoms. The summed E-state index contributed by atoms with van der Waals surface area (Å²) in [6.07, 6.45) is 13.8. The van der Waals surface area contributed by atoms with Gasteiger partial charge in [0, 0.05) is 138 Å². The molecule has 32 nitrogen and oxygen atoms in total. The molecule has 444 valence electrons. The second kappa shape index (κ2) is 25.6. The lowest BCUT2D eigenvalue weighted by molar-refractivity contribution is -0.117. The van der Waals surface area contributed by atoms with Gasteiger partial charge in [0.2, 0.25) is 29.3 Å². The fourth-order valence-corrected chi connectivity index (χ4v) is 8.67. The van der Waals surface area contributed by atoms with Gasteiger partial charge in [0.05, 0.1) is 29.4 Å². The molecule has 0 spiro atoms. The Morgan fingerprint density at radius 2 is 0.776 bits per heavy atom. The molecular weight excluding hydrogens is 1110 g/mol. The topological polar surface area (TPSA) is 379 Å². The second-order valence-electron chi connectivity index (χ2n) is 19.4. The Hall–Kier alpha value is -11.3. The van der Waals surface area contributed by atoms with E-state index in [0.29, 0.717) is 11.4 Å². The third kappa shape index (κ3) is 14.4. The summed E-state index contributed by atoms with van der Waals surface area (Å²) in [5, 5.41) is 24.2. The zero-order valence-electron chi connectivity index (χ0n) is 47.6. The maximum absolute atomic E-state index is 13.4. The average Bonchev–Trinajstić information content (AvgIpc) is 4.07. The summed E-state index contributed by atoms with van der Waals surface area (Å²) >= 11 is 0. The number of ether oxygens (including phenoxy) is 1. The quantitative estimate of drug-likeness (QED) is 0.0328. The van der Waals surface area contributed by atoms with Crippen molar-refractivity contribution in [3.05, 3.63) is 126 Å². The third-order valence-corrected chi connectivity index (χ3v) is 12.8. The Morgan fingerprint density at radius 3 is 1.22 bits per heavy atom. The van der Waals surface area contributed by atoms with E-state index in [1.54, 1.807) is 91.0 Å². The molecule has 8 rings (SSSR count). The first-order valence-electron chi connectivity index (χ1n) is 26.1. The smallest absolute Gasteiger partial charge is 0.374 e. The molecular formula is C53H61N21O11. The highest BCUT2D eigenvalue weighted by Gasteiger charge is 2.24. The Balaban J connectivity index is 0.745. The minimum atomic E-state index is -0.640. The van der Waals surface area contributed by atoms with E-state index in [4.69, 9.17) is 4.74 Å². The summed E-state index contributed by atoms with van der Waals surface area (Å²) in [6.45, 7) is 1.91. The Bertz CT molecular complexity index is 3930. The van der Waals surface area contributed by atoms with Crippen LogP contribution in [0.25, 0.3) is 0 Å². The standard InChI is InChI=1S/C53H61N21O11/c1-10-85-53(84)45-65-38(27-74(45)9)62-41(76)13-15-56-47(78)34-19-31(24-69(34)4)59-51(82)43-63-37(26-72(43)7)61-40(75)12-11-14-55-46(77)33-18-30(23-68(33)3)60-52(83)44-64-39(28-73(44)8)66-49(80)36-20-29(22-71(36)6)57-48(79)35-21-32(25-70(35)5)58-50(81)42-54-16-17-67(42)2/h16-28H,10-15H2,1-9H3,(H,55,77)(H,56,78)(H,57,79)(H,58,81)(H,59,82)(H,60,83)(H,61,75)(H,62,76)(H,66,80). The van der Waals surface area contributed by atoms with Crippen molar-refractivity contribution < 1.29 is 52.7 Å². The van der Waals surface area contributed by atoms with Crippen molar-refractivity contribution in [2.24, 2.45) is 56.4 Å². The van der Waals surface area contributed by atoms with Crippen molar-refractivity contribution in [2.75, 3.05) is 56.9 Å². The highest BCUT2D eigenvalue weighted by Crippen LogP contribution is 2.22. The van der Waals surface area contributed by atoms with Gasteiger partial charge in [-0.05, 0) is 37.6 Å². The van der Waals surface area contributed by atoms with Gasteiger partial charge in [0.1, 0.15) is 22.8 Å². The maximum atomic E-state index is 13.4. The molecule has 0 aliphatic heterocycles. The largest absolute Gasteiger partial charge is 0.460 e. The number of carbonyl (C=O) groups is 10. The highest BCUT2D eigenvalue weighted by atomic mass is 16.5. The first-order chi connectivity index (χ1) is 40.4. The third-order valence-electron chi connectivity index (χ3n) is 12.8. The van der Waals surface area contributed by atoms with Crippen LogP contribution in [0.1, 0.15) is 111 Å². The van der Waals surface area contributed by atoms with Crippen molar-refractivity contribution in [1.29, 1.82) is 0 Å². The molecule has 0 unspecified atom stereocenters. The van der Waals surface area contributed by atoms with Gasteiger partial charge in [-0.25, -0.2) is 24.7 Å². The molecule has 9 N–H and O–H groups in total. The monoisotopic (exact) mass is 1170 g/mol. The number of anilines is 7. The Morgan fingerprint density at radius 1 is 0.400 bits per heavy atom. The molecule has 85 heavy (non-hydrogen) atoms. The van der Waals surface area contributed by atoms with Gasteiger partial charge >= 0.3 is 5.97 Å². The van der Waals surface area contributed by atoms with E-state index < -0.39 is 59.1 Å². The number of hydrogen-bond acceptors (Lipinski definition) is 15. The lowest BCUT2D eigenvalue weighted by Gasteiger charge is -2.06. The summed E-state index contributed by atoms with van der Waals surface area (Å²) in [6, 6.07) is 5.87. The summed E-state index contributed by atoms with van der Waals surface area (Å²) in [7, 11) is 12.9. The van der Waals surface area contributed by atoms with Crippen molar-refractivity contribution >= 4 is 99.3 Å². The van der Waals surface area contributed by atoms with Gasteiger partial charge in [0.15, 0.2) is 23.3 Å². The lowest BCUT2D eigenvalue weighted by Crippen LogP contribution is -2.29. The van der Waals surface area contributed by atoms with Crippen molar-refractivity contribution in [3.8, 4) is 0 Å². The SMILES string of the molecule is CCOC(=O)c1nc(NC(=O)CCNC(=O)c2cc(NC(=O)c3nc(NC(=O)CCCNC(=O)c4cc(NC(=O)c5nc(NC(=O)c6cc(NC(=O)c7cc(NC(=O)c8nccn8C)cn7C)cn6C)cn5C)cn4C)cn3C)cn2C)cn1C. The number of imidazole rings is 4. The first kappa shape index (κ1) is 59.8. The molecule has 0 aliphatic rings.